The molecule has 0 radical (unpaired) electrons. The molecule has 1 saturated heterocycles. The van der Waals surface area contributed by atoms with Gasteiger partial charge >= 0.3 is 0 Å². The van der Waals surface area contributed by atoms with E-state index in [2.05, 4.69) is 10.3 Å². The molecule has 3 amide bonds. The topological polar surface area (TPSA) is 147 Å². The molecule has 3 aromatic rings. The lowest BCUT2D eigenvalue weighted by atomic mass is 9.91. The summed E-state index contributed by atoms with van der Waals surface area (Å²) in [5.41, 5.74) is -0.102. The van der Waals surface area contributed by atoms with Crippen LogP contribution in [0.4, 0.5) is 24.7 Å². The van der Waals surface area contributed by atoms with Crippen LogP contribution < -0.4 is 15.1 Å². The number of nitriles is 1. The second kappa shape index (κ2) is 12.7. The Morgan fingerprint density at radius 3 is 2.53 bits per heavy atom. The number of amides is 3. The van der Waals surface area contributed by atoms with Crippen molar-refractivity contribution in [2.75, 3.05) is 9.80 Å². The molecular weight excluding hydrogens is 615 g/mol. The molecule has 1 aromatic heterocycles. The Labute approximate surface area is 260 Å². The highest BCUT2D eigenvalue weighted by atomic mass is 35.5. The molecule has 234 valence electrons. The van der Waals surface area contributed by atoms with Gasteiger partial charge in [0.2, 0.25) is 11.8 Å². The quantitative estimate of drug-likeness (QED) is 0.347. The second-order valence-electron chi connectivity index (χ2n) is 10.9. The molecule has 10 nitrogen and oxygen atoms in total. The van der Waals surface area contributed by atoms with Crippen LogP contribution in [0.1, 0.15) is 49.3 Å². The zero-order valence-electron chi connectivity index (χ0n) is 23.5. The molecule has 14 heteroatoms. The number of anilines is 2. The van der Waals surface area contributed by atoms with E-state index in [9.17, 15) is 43.0 Å². The molecule has 5 rings (SSSR count). The van der Waals surface area contributed by atoms with Gasteiger partial charge in [0.1, 0.15) is 35.6 Å². The minimum absolute atomic E-state index is 0.0361. The van der Waals surface area contributed by atoms with Crippen LogP contribution in [0.2, 0.25) is 5.02 Å². The minimum Gasteiger partial charge on any atom is -0.508 e. The Kier molecular flexibility index (Phi) is 8.99. The van der Waals surface area contributed by atoms with Crippen LogP contribution >= 0.6 is 11.6 Å². The van der Waals surface area contributed by atoms with Crippen molar-refractivity contribution in [2.24, 2.45) is 0 Å². The average Bonchev–Trinajstić information content (AvgIpc) is 3.30. The van der Waals surface area contributed by atoms with Crippen LogP contribution in [0.3, 0.4) is 0 Å². The number of halogens is 4. The first-order chi connectivity index (χ1) is 21.4. The van der Waals surface area contributed by atoms with Gasteiger partial charge < -0.3 is 15.5 Å². The van der Waals surface area contributed by atoms with Crippen LogP contribution in [0.5, 0.6) is 5.75 Å². The Hall–Kier alpha value is -4.67. The van der Waals surface area contributed by atoms with Crippen molar-refractivity contribution in [1.29, 1.82) is 5.26 Å². The molecule has 2 fully saturated rings. The molecule has 1 aliphatic carbocycles. The number of aliphatic hydroxyl groups excluding tert-OH is 1. The van der Waals surface area contributed by atoms with E-state index in [0.717, 1.165) is 28.0 Å². The van der Waals surface area contributed by atoms with Crippen molar-refractivity contribution in [3.8, 4) is 11.8 Å². The zero-order chi connectivity index (χ0) is 32.5. The number of phenols is 1. The van der Waals surface area contributed by atoms with Gasteiger partial charge in [-0.2, -0.15) is 5.26 Å². The van der Waals surface area contributed by atoms with Gasteiger partial charge in [-0.15, -0.1) is 0 Å². The maximum absolute atomic E-state index is 14.7. The van der Waals surface area contributed by atoms with E-state index in [1.165, 1.54) is 30.5 Å². The highest BCUT2D eigenvalue weighted by Crippen LogP contribution is 2.38. The summed E-state index contributed by atoms with van der Waals surface area (Å²) in [7, 11) is 0. The van der Waals surface area contributed by atoms with Crippen molar-refractivity contribution in [3.05, 3.63) is 82.8 Å². The van der Waals surface area contributed by atoms with Crippen molar-refractivity contribution >= 4 is 40.8 Å². The summed E-state index contributed by atoms with van der Waals surface area (Å²) in [4.78, 5) is 47.7. The third kappa shape index (κ3) is 6.72. The highest BCUT2D eigenvalue weighted by molar-refractivity contribution is 6.31. The number of pyridine rings is 1. The van der Waals surface area contributed by atoms with Crippen molar-refractivity contribution in [3.63, 3.8) is 0 Å². The van der Waals surface area contributed by atoms with Crippen LogP contribution in [0.15, 0.2) is 60.8 Å². The number of nitrogens with one attached hydrogen (secondary N) is 1. The van der Waals surface area contributed by atoms with Crippen molar-refractivity contribution in [2.45, 2.75) is 62.3 Å². The number of benzene rings is 2. The van der Waals surface area contributed by atoms with E-state index in [1.54, 1.807) is 12.1 Å². The van der Waals surface area contributed by atoms with Gasteiger partial charge in [0.05, 0.1) is 17.3 Å². The van der Waals surface area contributed by atoms with Crippen molar-refractivity contribution < 1.29 is 37.8 Å². The van der Waals surface area contributed by atoms with E-state index in [4.69, 9.17) is 11.6 Å². The SMILES string of the molecule is N#Cc1ccnc(N2C(=O)[C@H](O)C[C@H]2C(=O)N(c2cc(O)cc(F)c2)[C@H](C(=O)NC2CCC(F)(F)CC2)c2ccccc2Cl)c1. The molecule has 2 aromatic carbocycles. The number of phenolic OH excluding ortho intramolecular Hbond substituents is 1. The first kappa shape index (κ1) is 31.7. The molecule has 2 heterocycles. The Morgan fingerprint density at radius 1 is 1.16 bits per heavy atom. The van der Waals surface area contributed by atoms with E-state index < -0.39 is 78.7 Å². The second-order valence-corrected chi connectivity index (χ2v) is 11.3. The molecule has 0 bridgehead atoms. The number of nitrogens with zero attached hydrogens (tertiary/aromatic N) is 4. The summed E-state index contributed by atoms with van der Waals surface area (Å²) in [6.45, 7) is 0. The standard InChI is InChI=1S/C31H27ClF3N5O5/c32-23-4-2-1-3-22(23)27(28(43)38-19-5-8-31(34,35)9-6-19)39(20-12-18(33)13-21(41)14-20)29(44)24-15-25(42)30(45)40(24)26-11-17(16-36)7-10-37-26/h1-4,7,10-14,19,24-25,27,41-42H,5-6,8-9,15H2,(H,38,43)/t24-,25+,27-/m0/s1. The van der Waals surface area contributed by atoms with E-state index >= 15 is 0 Å². The third-order valence-electron chi connectivity index (χ3n) is 7.84. The predicted molar refractivity (Wildman–Crippen MR) is 156 cm³/mol. The van der Waals surface area contributed by atoms with Crippen molar-refractivity contribution in [1.82, 2.24) is 10.3 Å². The highest BCUT2D eigenvalue weighted by Gasteiger charge is 2.48. The monoisotopic (exact) mass is 641 g/mol. The van der Waals surface area contributed by atoms with Gasteiger partial charge in [0.25, 0.3) is 11.8 Å². The lowest BCUT2D eigenvalue weighted by molar-refractivity contribution is -0.128. The number of rotatable bonds is 7. The summed E-state index contributed by atoms with van der Waals surface area (Å²) in [5.74, 6) is -7.27. The molecule has 0 unspecified atom stereocenters. The summed E-state index contributed by atoms with van der Waals surface area (Å²) in [6.07, 6.45) is -1.87. The number of aromatic hydroxyl groups is 1. The van der Waals surface area contributed by atoms with Gasteiger partial charge in [-0.3, -0.25) is 24.2 Å². The molecular formula is C31H27ClF3N5O5. The molecule has 3 N–H and O–H groups in total. The Balaban J connectivity index is 1.63. The lowest BCUT2D eigenvalue weighted by Crippen LogP contribution is -2.53. The average molecular weight is 642 g/mol. The Bertz CT molecular complexity index is 1650. The third-order valence-corrected chi connectivity index (χ3v) is 8.18. The fourth-order valence-corrected chi connectivity index (χ4v) is 5.90. The number of hydrogen-bond donors (Lipinski definition) is 3. The van der Waals surface area contributed by atoms with E-state index in [0.29, 0.717) is 0 Å². The molecule has 45 heavy (non-hydrogen) atoms. The Morgan fingerprint density at radius 2 is 1.87 bits per heavy atom. The smallest absolute Gasteiger partial charge is 0.257 e. The van der Waals surface area contributed by atoms with Gasteiger partial charge in [-0.05, 0) is 37.1 Å². The number of aromatic nitrogens is 1. The summed E-state index contributed by atoms with van der Waals surface area (Å²) >= 11 is 6.52. The van der Waals surface area contributed by atoms with E-state index in [-0.39, 0.29) is 40.5 Å². The number of carbonyl (C=O) groups is 3. The summed E-state index contributed by atoms with van der Waals surface area (Å²) in [6, 6.07) is 9.42. The van der Waals surface area contributed by atoms with Crippen LogP contribution in [-0.2, 0) is 14.4 Å². The van der Waals surface area contributed by atoms with Crippen LogP contribution in [0, 0.1) is 17.1 Å². The fourth-order valence-electron chi connectivity index (χ4n) is 5.66. The number of aliphatic hydroxyl groups is 1. The van der Waals surface area contributed by atoms with Crippen LogP contribution in [0.25, 0.3) is 0 Å². The normalized spacial score (nSPS) is 20.4. The number of hydrogen-bond acceptors (Lipinski definition) is 7. The number of carbonyl (C=O) groups excluding carboxylic acids is 3. The maximum atomic E-state index is 14.7. The molecule has 2 aliphatic rings. The fraction of sp³-hybridized carbons (Fsp3) is 0.323. The van der Waals surface area contributed by atoms with E-state index in [1.807, 2.05) is 6.07 Å². The molecule has 1 aliphatic heterocycles. The van der Waals surface area contributed by atoms with Gasteiger partial charge in [0.15, 0.2) is 0 Å². The predicted octanol–water partition coefficient (Wildman–Crippen LogP) is 4.39. The van der Waals surface area contributed by atoms with Crippen LogP contribution in [-0.4, -0.2) is 57.0 Å². The largest absolute Gasteiger partial charge is 0.508 e. The molecule has 1 saturated carbocycles. The zero-order valence-corrected chi connectivity index (χ0v) is 24.3. The van der Waals surface area contributed by atoms with Gasteiger partial charge in [-0.1, -0.05) is 29.8 Å². The number of alkyl halides is 2. The molecule has 3 atom stereocenters. The van der Waals surface area contributed by atoms with Gasteiger partial charge in [-0.25, -0.2) is 18.2 Å². The first-order valence-corrected chi connectivity index (χ1v) is 14.4. The molecule has 0 spiro atoms. The summed E-state index contributed by atoms with van der Waals surface area (Å²) in [5, 5.41) is 33.0. The summed E-state index contributed by atoms with van der Waals surface area (Å²) < 4.78 is 42.5. The minimum atomic E-state index is -2.87. The lowest BCUT2D eigenvalue weighted by Gasteiger charge is -2.37. The first-order valence-electron chi connectivity index (χ1n) is 14.0. The van der Waals surface area contributed by atoms with Gasteiger partial charge in [0, 0.05) is 54.2 Å². The maximum Gasteiger partial charge on any atom is 0.257 e.